The van der Waals surface area contributed by atoms with Gasteiger partial charge < -0.3 is 14.6 Å². The van der Waals surface area contributed by atoms with Crippen LogP contribution in [-0.2, 0) is 9.59 Å². The molecule has 0 unspecified atom stereocenters. The Kier molecular flexibility index (Phi) is 6.47. The number of hydrogen-bond acceptors (Lipinski definition) is 6. The molecule has 0 atom stereocenters. The average molecular weight is 469 g/mol. The number of rotatable bonds is 6. The number of tetrazole rings is 1. The number of amides is 2. The number of carbonyl (C=O) groups excluding carboxylic acids is 2. The highest BCUT2D eigenvalue weighted by Crippen LogP contribution is 2.25. The van der Waals surface area contributed by atoms with Gasteiger partial charge in [-0.15, -0.1) is 5.10 Å². The second kappa shape index (κ2) is 10.2. The molecule has 4 aromatic rings. The minimum Gasteiger partial charge on any atom is -0.465 e. The first-order valence-corrected chi connectivity index (χ1v) is 11.4. The molecule has 0 radical (unpaired) electrons. The highest BCUT2D eigenvalue weighted by atomic mass is 16.3. The first-order chi connectivity index (χ1) is 17.2. The Labute approximate surface area is 202 Å². The normalized spacial score (nSPS) is 14.6. The minimum absolute atomic E-state index is 0.0264. The van der Waals surface area contributed by atoms with Crippen LogP contribution in [0.3, 0.4) is 0 Å². The summed E-state index contributed by atoms with van der Waals surface area (Å²) in [5.74, 6) is 0.549. The molecule has 3 heterocycles. The van der Waals surface area contributed by atoms with E-state index in [0.29, 0.717) is 37.5 Å². The second-order valence-corrected chi connectivity index (χ2v) is 8.25. The third-order valence-corrected chi connectivity index (χ3v) is 5.97. The average Bonchev–Trinajstić information content (AvgIpc) is 3.60. The number of nitrogens with one attached hydrogen (secondary N) is 1. The van der Waals surface area contributed by atoms with Crippen LogP contribution in [-0.4, -0.2) is 50.0 Å². The Morgan fingerprint density at radius 1 is 0.943 bits per heavy atom. The molecule has 1 saturated heterocycles. The zero-order valence-electron chi connectivity index (χ0n) is 18.9. The van der Waals surface area contributed by atoms with E-state index in [1.807, 2.05) is 60.7 Å². The third-order valence-electron chi connectivity index (χ3n) is 5.97. The van der Waals surface area contributed by atoms with E-state index in [-0.39, 0.29) is 23.4 Å². The standard InChI is InChI=1S/C26H24N6O3/c33-25(27-21-10-5-2-6-11-21)20-13-15-31(16-14-20)26(34)23(18-22-12-7-17-35-22)32-24(28-29-30-32)19-8-3-1-4-9-19/h1-12,17-18,20H,13-16H2,(H,27,33)/b23-18-. The van der Waals surface area contributed by atoms with Crippen molar-refractivity contribution in [2.45, 2.75) is 12.8 Å². The zero-order valence-corrected chi connectivity index (χ0v) is 18.9. The van der Waals surface area contributed by atoms with Crippen molar-refractivity contribution in [2.75, 3.05) is 18.4 Å². The van der Waals surface area contributed by atoms with Crippen molar-refractivity contribution >= 4 is 29.3 Å². The third kappa shape index (κ3) is 5.03. The molecule has 1 aliphatic heterocycles. The Hall–Kier alpha value is -4.53. The van der Waals surface area contributed by atoms with E-state index in [4.69, 9.17) is 4.42 Å². The highest BCUT2D eigenvalue weighted by molar-refractivity contribution is 6.18. The summed E-state index contributed by atoms with van der Waals surface area (Å²) < 4.78 is 6.91. The lowest BCUT2D eigenvalue weighted by atomic mass is 9.95. The van der Waals surface area contributed by atoms with E-state index in [0.717, 1.165) is 11.3 Å². The maximum Gasteiger partial charge on any atom is 0.272 e. The van der Waals surface area contributed by atoms with Crippen LogP contribution in [0.2, 0.25) is 0 Å². The number of furan rings is 1. The van der Waals surface area contributed by atoms with Gasteiger partial charge in [0.2, 0.25) is 5.91 Å². The molecule has 2 aromatic heterocycles. The van der Waals surface area contributed by atoms with E-state index in [9.17, 15) is 9.59 Å². The van der Waals surface area contributed by atoms with Crippen LogP contribution in [0.5, 0.6) is 0 Å². The van der Waals surface area contributed by atoms with Gasteiger partial charge in [-0.05, 0) is 47.5 Å². The fourth-order valence-electron chi connectivity index (χ4n) is 4.11. The summed E-state index contributed by atoms with van der Waals surface area (Å²) in [7, 11) is 0. The summed E-state index contributed by atoms with van der Waals surface area (Å²) in [6, 6.07) is 22.3. The van der Waals surface area contributed by atoms with E-state index in [1.165, 1.54) is 4.68 Å². The molecule has 2 aromatic carbocycles. The topological polar surface area (TPSA) is 106 Å². The van der Waals surface area contributed by atoms with Crippen LogP contribution in [0.1, 0.15) is 18.6 Å². The van der Waals surface area contributed by atoms with Gasteiger partial charge in [0, 0.05) is 36.3 Å². The molecular formula is C26H24N6O3. The molecule has 35 heavy (non-hydrogen) atoms. The minimum atomic E-state index is -0.229. The fraction of sp³-hybridized carbons (Fsp3) is 0.192. The monoisotopic (exact) mass is 468 g/mol. The number of likely N-dealkylation sites (tertiary alicyclic amines) is 1. The van der Waals surface area contributed by atoms with Crippen LogP contribution < -0.4 is 5.32 Å². The van der Waals surface area contributed by atoms with Crippen molar-refractivity contribution < 1.29 is 14.0 Å². The Bertz CT molecular complexity index is 1310. The SMILES string of the molecule is O=C(Nc1ccccc1)C1CCN(C(=O)/C(=C/c2ccco2)n2nnnc2-c2ccccc2)CC1. The number of hydrogen-bond donors (Lipinski definition) is 1. The maximum absolute atomic E-state index is 13.7. The van der Waals surface area contributed by atoms with Crippen molar-refractivity contribution in [2.24, 2.45) is 5.92 Å². The first-order valence-electron chi connectivity index (χ1n) is 11.4. The predicted molar refractivity (Wildman–Crippen MR) is 131 cm³/mol. The molecule has 0 aliphatic carbocycles. The van der Waals surface area contributed by atoms with Gasteiger partial charge in [0.25, 0.3) is 5.91 Å². The number of aromatic nitrogens is 4. The lowest BCUT2D eigenvalue weighted by molar-refractivity contribution is -0.129. The van der Waals surface area contributed by atoms with Gasteiger partial charge >= 0.3 is 0 Å². The molecular weight excluding hydrogens is 444 g/mol. The molecule has 9 heteroatoms. The van der Waals surface area contributed by atoms with Gasteiger partial charge in [-0.25, -0.2) is 0 Å². The van der Waals surface area contributed by atoms with Crippen molar-refractivity contribution in [3.05, 3.63) is 84.8 Å². The molecule has 2 amide bonds. The second-order valence-electron chi connectivity index (χ2n) is 8.25. The van der Waals surface area contributed by atoms with Crippen molar-refractivity contribution in [1.29, 1.82) is 0 Å². The van der Waals surface area contributed by atoms with Gasteiger partial charge in [0.1, 0.15) is 11.5 Å². The number of benzene rings is 2. The summed E-state index contributed by atoms with van der Waals surface area (Å²) in [4.78, 5) is 28.1. The van der Waals surface area contributed by atoms with Crippen molar-refractivity contribution in [3.8, 4) is 11.4 Å². The van der Waals surface area contributed by atoms with Crippen molar-refractivity contribution in [3.63, 3.8) is 0 Å². The lowest BCUT2D eigenvalue weighted by Crippen LogP contribution is -2.42. The number of para-hydroxylation sites is 1. The van der Waals surface area contributed by atoms with Crippen LogP contribution in [0.15, 0.2) is 83.5 Å². The Morgan fingerprint density at radius 3 is 2.34 bits per heavy atom. The number of nitrogens with zero attached hydrogens (tertiary/aromatic N) is 5. The van der Waals surface area contributed by atoms with E-state index >= 15 is 0 Å². The summed E-state index contributed by atoms with van der Waals surface area (Å²) in [5.41, 5.74) is 1.83. The van der Waals surface area contributed by atoms with Gasteiger partial charge in [-0.2, -0.15) is 4.68 Å². The molecule has 5 rings (SSSR count). The van der Waals surface area contributed by atoms with Gasteiger partial charge in [-0.3, -0.25) is 9.59 Å². The predicted octanol–water partition coefficient (Wildman–Crippen LogP) is 3.81. The molecule has 9 nitrogen and oxygen atoms in total. The summed E-state index contributed by atoms with van der Waals surface area (Å²) >= 11 is 0. The summed E-state index contributed by atoms with van der Waals surface area (Å²) in [5, 5.41) is 15.0. The van der Waals surface area contributed by atoms with Crippen LogP contribution in [0.25, 0.3) is 23.2 Å². The molecule has 176 valence electrons. The molecule has 0 bridgehead atoms. The fourth-order valence-corrected chi connectivity index (χ4v) is 4.11. The van der Waals surface area contributed by atoms with Crippen molar-refractivity contribution in [1.82, 2.24) is 25.1 Å². The van der Waals surface area contributed by atoms with Crippen LogP contribution in [0.4, 0.5) is 5.69 Å². The summed E-state index contributed by atoms with van der Waals surface area (Å²) in [6.07, 6.45) is 4.32. The first kappa shape index (κ1) is 22.3. The number of carbonyl (C=O) groups is 2. The molecule has 1 N–H and O–H groups in total. The molecule has 1 fully saturated rings. The number of piperidine rings is 1. The van der Waals surface area contributed by atoms with Gasteiger partial charge in [0.05, 0.1) is 6.26 Å². The van der Waals surface area contributed by atoms with E-state index < -0.39 is 0 Å². The number of anilines is 1. The van der Waals surface area contributed by atoms with Gasteiger partial charge in [0.15, 0.2) is 5.82 Å². The summed E-state index contributed by atoms with van der Waals surface area (Å²) in [6.45, 7) is 0.897. The Balaban J connectivity index is 1.35. The van der Waals surface area contributed by atoms with Crippen LogP contribution in [0, 0.1) is 5.92 Å². The van der Waals surface area contributed by atoms with E-state index in [2.05, 4.69) is 20.8 Å². The quantitative estimate of drug-likeness (QED) is 0.432. The molecule has 0 saturated carbocycles. The maximum atomic E-state index is 13.7. The van der Waals surface area contributed by atoms with E-state index in [1.54, 1.807) is 29.4 Å². The Morgan fingerprint density at radius 2 is 1.66 bits per heavy atom. The lowest BCUT2D eigenvalue weighted by Gasteiger charge is -2.31. The largest absolute Gasteiger partial charge is 0.465 e. The van der Waals surface area contributed by atoms with Gasteiger partial charge in [-0.1, -0.05) is 48.5 Å². The molecule has 1 aliphatic rings. The zero-order chi connectivity index (χ0) is 24.0. The highest BCUT2D eigenvalue weighted by Gasteiger charge is 2.30. The van der Waals surface area contributed by atoms with Crippen LogP contribution >= 0.6 is 0 Å². The molecule has 0 spiro atoms. The smallest absolute Gasteiger partial charge is 0.272 e.